The topological polar surface area (TPSA) is 58.5 Å². The number of hydrogen-bond acceptors (Lipinski definition) is 4. The molecule has 27 heavy (non-hydrogen) atoms. The van der Waals surface area contributed by atoms with Crippen LogP contribution in [0, 0.1) is 28.5 Å². The van der Waals surface area contributed by atoms with Crippen LogP contribution in [-0.4, -0.2) is 35.5 Å². The lowest BCUT2D eigenvalue weighted by Crippen LogP contribution is -2.46. The smallest absolute Gasteiger partial charge is 0.147 e. The van der Waals surface area contributed by atoms with E-state index in [-0.39, 0.29) is 5.82 Å². The largest absolute Gasteiger partial charge is 0.367 e. The van der Waals surface area contributed by atoms with Crippen molar-refractivity contribution in [2.45, 2.75) is 6.54 Å². The van der Waals surface area contributed by atoms with E-state index >= 15 is 0 Å². The van der Waals surface area contributed by atoms with Crippen molar-refractivity contribution < 1.29 is 4.39 Å². The van der Waals surface area contributed by atoms with Crippen LogP contribution < -0.4 is 4.90 Å². The lowest BCUT2D eigenvalue weighted by Gasteiger charge is -2.36. The van der Waals surface area contributed by atoms with Crippen molar-refractivity contribution in [1.29, 1.82) is 10.5 Å². The van der Waals surface area contributed by atoms with Crippen molar-refractivity contribution in [3.63, 3.8) is 0 Å². The number of rotatable bonds is 3. The Labute approximate surface area is 157 Å². The number of nitrogens with zero attached hydrogens (tertiary/aromatic N) is 5. The molecule has 1 fully saturated rings. The molecule has 2 aromatic heterocycles. The number of fused-ring (bicyclic) bond motifs is 1. The van der Waals surface area contributed by atoms with E-state index in [1.165, 1.54) is 6.07 Å². The highest BCUT2D eigenvalue weighted by Gasteiger charge is 2.21. The molecule has 1 aliphatic heterocycles. The van der Waals surface area contributed by atoms with Gasteiger partial charge in [-0.25, -0.2) is 4.39 Å². The first-order valence-corrected chi connectivity index (χ1v) is 8.85. The Morgan fingerprint density at radius 3 is 2.52 bits per heavy atom. The van der Waals surface area contributed by atoms with Gasteiger partial charge in [-0.15, -0.1) is 0 Å². The van der Waals surface area contributed by atoms with Gasteiger partial charge in [-0.2, -0.15) is 10.5 Å². The highest BCUT2D eigenvalue weighted by molar-refractivity contribution is 5.65. The summed E-state index contributed by atoms with van der Waals surface area (Å²) < 4.78 is 16.2. The van der Waals surface area contributed by atoms with Gasteiger partial charge in [-0.3, -0.25) is 4.90 Å². The van der Waals surface area contributed by atoms with Gasteiger partial charge in [0.2, 0.25) is 0 Å². The van der Waals surface area contributed by atoms with Crippen LogP contribution in [0.3, 0.4) is 0 Å². The van der Waals surface area contributed by atoms with Crippen molar-refractivity contribution >= 4 is 11.2 Å². The summed E-state index contributed by atoms with van der Waals surface area (Å²) in [6.45, 7) is 3.69. The third-order valence-corrected chi connectivity index (χ3v) is 5.06. The molecule has 3 aromatic rings. The molecule has 1 aromatic carbocycles. The van der Waals surface area contributed by atoms with E-state index < -0.39 is 0 Å². The van der Waals surface area contributed by atoms with Crippen LogP contribution in [-0.2, 0) is 6.54 Å². The maximum atomic E-state index is 14.2. The molecular formula is C21H18FN5. The second kappa shape index (κ2) is 7.11. The highest BCUT2D eigenvalue weighted by Crippen LogP contribution is 2.24. The molecule has 5 nitrogen and oxygen atoms in total. The van der Waals surface area contributed by atoms with E-state index in [4.69, 9.17) is 5.26 Å². The monoisotopic (exact) mass is 359 g/mol. The molecule has 134 valence electrons. The molecule has 0 radical (unpaired) electrons. The normalized spacial score (nSPS) is 14.9. The van der Waals surface area contributed by atoms with Crippen LogP contribution in [0.2, 0.25) is 0 Å². The Balaban J connectivity index is 1.46. The number of pyridine rings is 1. The summed E-state index contributed by atoms with van der Waals surface area (Å²) in [4.78, 5) is 4.29. The molecule has 6 heteroatoms. The average molecular weight is 359 g/mol. The van der Waals surface area contributed by atoms with Gasteiger partial charge in [-0.1, -0.05) is 6.07 Å². The quantitative estimate of drug-likeness (QED) is 0.721. The Kier molecular flexibility index (Phi) is 4.50. The molecule has 1 saturated heterocycles. The lowest BCUT2D eigenvalue weighted by molar-refractivity contribution is 0.249. The van der Waals surface area contributed by atoms with E-state index in [9.17, 15) is 9.65 Å². The number of benzene rings is 1. The van der Waals surface area contributed by atoms with Crippen LogP contribution in [0.15, 0.2) is 48.8 Å². The van der Waals surface area contributed by atoms with Gasteiger partial charge in [0, 0.05) is 50.7 Å². The number of piperazine rings is 1. The van der Waals surface area contributed by atoms with Gasteiger partial charge >= 0.3 is 0 Å². The second-order valence-electron chi connectivity index (χ2n) is 6.68. The Hall–Kier alpha value is -3.35. The van der Waals surface area contributed by atoms with E-state index in [0.29, 0.717) is 30.9 Å². The van der Waals surface area contributed by atoms with E-state index in [1.807, 2.05) is 46.0 Å². The average Bonchev–Trinajstić information content (AvgIpc) is 3.05. The van der Waals surface area contributed by atoms with Crippen molar-refractivity contribution in [1.82, 2.24) is 9.30 Å². The third-order valence-electron chi connectivity index (χ3n) is 5.06. The standard InChI is InChI=1S/C21H18FN5/c22-19-11-16(12-23)4-5-21(19)26-9-7-25(8-10-26)14-17-15-27-6-2-1-3-20(27)18(17)13-24/h1-6,11,15H,7-10,14H2. The van der Waals surface area contributed by atoms with Crippen LogP contribution in [0.25, 0.3) is 5.52 Å². The summed E-state index contributed by atoms with van der Waals surface area (Å²) in [6.07, 6.45) is 3.96. The summed E-state index contributed by atoms with van der Waals surface area (Å²) in [7, 11) is 0. The van der Waals surface area contributed by atoms with Crippen molar-refractivity contribution in [3.05, 3.63) is 71.3 Å². The van der Waals surface area contributed by atoms with E-state index in [0.717, 1.165) is 29.7 Å². The molecule has 0 N–H and O–H groups in total. The third kappa shape index (κ3) is 3.23. The first-order valence-electron chi connectivity index (χ1n) is 8.85. The van der Waals surface area contributed by atoms with Gasteiger partial charge in [0.1, 0.15) is 11.9 Å². The summed E-state index contributed by atoms with van der Waals surface area (Å²) in [5.41, 5.74) is 3.53. The molecule has 3 heterocycles. The maximum absolute atomic E-state index is 14.2. The van der Waals surface area contributed by atoms with E-state index in [1.54, 1.807) is 12.1 Å². The molecule has 0 spiro atoms. The molecule has 1 aliphatic rings. The molecule has 0 bridgehead atoms. The number of anilines is 1. The minimum Gasteiger partial charge on any atom is -0.367 e. The van der Waals surface area contributed by atoms with Crippen molar-refractivity contribution in [2.24, 2.45) is 0 Å². The fraction of sp³-hybridized carbons (Fsp3) is 0.238. The summed E-state index contributed by atoms with van der Waals surface area (Å²) in [6, 6.07) is 14.7. The first kappa shape index (κ1) is 17.1. The molecule has 0 saturated carbocycles. The van der Waals surface area contributed by atoms with Gasteiger partial charge in [0.25, 0.3) is 0 Å². The molecule has 0 atom stereocenters. The van der Waals surface area contributed by atoms with Gasteiger partial charge in [-0.05, 0) is 30.3 Å². The van der Waals surface area contributed by atoms with Crippen LogP contribution in [0.1, 0.15) is 16.7 Å². The van der Waals surface area contributed by atoms with E-state index in [2.05, 4.69) is 11.0 Å². The zero-order valence-electron chi connectivity index (χ0n) is 14.8. The number of aromatic nitrogens is 1. The molecule has 0 aliphatic carbocycles. The minimum atomic E-state index is -0.354. The van der Waals surface area contributed by atoms with Gasteiger partial charge in [0.05, 0.1) is 28.4 Å². The molecule has 0 amide bonds. The predicted molar refractivity (Wildman–Crippen MR) is 101 cm³/mol. The summed E-state index contributed by atoms with van der Waals surface area (Å²) >= 11 is 0. The zero-order valence-corrected chi connectivity index (χ0v) is 14.8. The van der Waals surface area contributed by atoms with Gasteiger partial charge < -0.3 is 9.30 Å². The minimum absolute atomic E-state index is 0.333. The zero-order chi connectivity index (χ0) is 18.8. The summed E-state index contributed by atoms with van der Waals surface area (Å²) in [5, 5.41) is 18.4. The molecule has 0 unspecified atom stereocenters. The van der Waals surface area contributed by atoms with Crippen molar-refractivity contribution in [2.75, 3.05) is 31.1 Å². The van der Waals surface area contributed by atoms with Gasteiger partial charge in [0.15, 0.2) is 0 Å². The van der Waals surface area contributed by atoms with Crippen LogP contribution in [0.4, 0.5) is 10.1 Å². The Morgan fingerprint density at radius 2 is 1.81 bits per heavy atom. The highest BCUT2D eigenvalue weighted by atomic mass is 19.1. The maximum Gasteiger partial charge on any atom is 0.147 e. The first-order chi connectivity index (χ1) is 13.2. The fourth-order valence-corrected chi connectivity index (χ4v) is 3.65. The predicted octanol–water partition coefficient (Wildman–Crippen LogP) is 3.14. The molecular weight excluding hydrogens is 341 g/mol. The second-order valence-corrected chi connectivity index (χ2v) is 6.68. The number of hydrogen-bond donors (Lipinski definition) is 0. The molecule has 4 rings (SSSR count). The fourth-order valence-electron chi connectivity index (χ4n) is 3.65. The summed E-state index contributed by atoms with van der Waals surface area (Å²) in [5.74, 6) is -0.354. The van der Waals surface area contributed by atoms with Crippen LogP contribution in [0.5, 0.6) is 0 Å². The van der Waals surface area contributed by atoms with Crippen molar-refractivity contribution in [3.8, 4) is 12.1 Å². The number of nitriles is 2. The van der Waals surface area contributed by atoms with Crippen LogP contribution >= 0.6 is 0 Å². The number of halogens is 1. The Morgan fingerprint density at radius 1 is 1.00 bits per heavy atom. The lowest BCUT2D eigenvalue weighted by atomic mass is 10.1. The SMILES string of the molecule is N#Cc1ccc(N2CCN(Cc3cn4ccccc4c3C#N)CC2)c(F)c1. The Bertz CT molecular complexity index is 1060.